The molecule has 90 valence electrons. The summed E-state index contributed by atoms with van der Waals surface area (Å²) in [5.74, 6) is 0. The third kappa shape index (κ3) is 1.89. The first-order valence-corrected chi connectivity index (χ1v) is 6.80. The second kappa shape index (κ2) is 4.42. The van der Waals surface area contributed by atoms with E-state index in [2.05, 4.69) is 40.1 Å². The molecule has 4 heteroatoms. The molecule has 0 radical (unpaired) electrons. The Morgan fingerprint density at radius 2 is 2.29 bits per heavy atom. The summed E-state index contributed by atoms with van der Waals surface area (Å²) in [6.07, 6.45) is 5.50. The maximum atomic E-state index is 5.79. The fraction of sp³-hybridized carbons (Fsp3) is 0.462. The van der Waals surface area contributed by atoms with Crippen molar-refractivity contribution in [2.24, 2.45) is 0 Å². The summed E-state index contributed by atoms with van der Waals surface area (Å²) in [6.45, 7) is 2.96. The van der Waals surface area contributed by atoms with Crippen LogP contribution in [0.15, 0.2) is 22.8 Å². The molecule has 2 heterocycles. The molecule has 0 bridgehead atoms. The maximum Gasteiger partial charge on any atom is 0.150 e. The van der Waals surface area contributed by atoms with Crippen LogP contribution in [0.3, 0.4) is 0 Å². The number of aryl methyl sites for hydroxylation is 1. The Balaban J connectivity index is 2.08. The van der Waals surface area contributed by atoms with Gasteiger partial charge in [0.2, 0.25) is 0 Å². The van der Waals surface area contributed by atoms with E-state index < -0.39 is 0 Å². The minimum Gasteiger partial charge on any atom is -0.356 e. The monoisotopic (exact) mass is 294 g/mol. The van der Waals surface area contributed by atoms with E-state index in [4.69, 9.17) is 4.74 Å². The van der Waals surface area contributed by atoms with E-state index in [1.54, 1.807) is 0 Å². The predicted octanol–water partition coefficient (Wildman–Crippen LogP) is 3.81. The SMILES string of the molecule is Cc1c(Br)ccc2c1cnn2[C@@H]1CCCCO1. The van der Waals surface area contributed by atoms with Gasteiger partial charge in [-0.25, -0.2) is 4.68 Å². The normalized spacial score (nSPS) is 20.9. The summed E-state index contributed by atoms with van der Waals surface area (Å²) >= 11 is 3.55. The van der Waals surface area contributed by atoms with Crippen LogP contribution in [0.1, 0.15) is 31.1 Å². The second-order valence-electron chi connectivity index (χ2n) is 4.52. The van der Waals surface area contributed by atoms with Crippen molar-refractivity contribution in [1.82, 2.24) is 9.78 Å². The summed E-state index contributed by atoms with van der Waals surface area (Å²) in [5, 5.41) is 5.69. The molecule has 0 amide bonds. The molecule has 2 aromatic rings. The van der Waals surface area contributed by atoms with E-state index in [0.717, 1.165) is 23.0 Å². The topological polar surface area (TPSA) is 27.1 Å². The number of nitrogens with zero attached hydrogens (tertiary/aromatic N) is 2. The van der Waals surface area contributed by atoms with Crippen molar-refractivity contribution in [3.8, 4) is 0 Å². The quantitative estimate of drug-likeness (QED) is 0.800. The third-order valence-corrected chi connectivity index (χ3v) is 4.27. The Hall–Kier alpha value is -0.870. The second-order valence-corrected chi connectivity index (χ2v) is 5.37. The molecule has 1 aliphatic heterocycles. The van der Waals surface area contributed by atoms with Crippen molar-refractivity contribution in [2.75, 3.05) is 6.61 Å². The Kier molecular flexibility index (Phi) is 2.92. The van der Waals surface area contributed by atoms with Crippen LogP contribution >= 0.6 is 15.9 Å². The molecule has 1 aliphatic rings. The van der Waals surface area contributed by atoms with E-state index in [1.807, 2.05) is 10.9 Å². The number of benzene rings is 1. The summed E-state index contributed by atoms with van der Waals surface area (Å²) in [6, 6.07) is 4.19. The minimum atomic E-state index is 0.113. The zero-order valence-electron chi connectivity index (χ0n) is 9.82. The number of hydrogen-bond donors (Lipinski definition) is 0. The zero-order valence-corrected chi connectivity index (χ0v) is 11.4. The minimum absolute atomic E-state index is 0.113. The third-order valence-electron chi connectivity index (χ3n) is 3.41. The van der Waals surface area contributed by atoms with Gasteiger partial charge in [-0.1, -0.05) is 15.9 Å². The fourth-order valence-electron chi connectivity index (χ4n) is 2.38. The molecule has 0 N–H and O–H groups in total. The Bertz CT molecular complexity index is 544. The highest BCUT2D eigenvalue weighted by Crippen LogP contribution is 2.30. The van der Waals surface area contributed by atoms with E-state index in [-0.39, 0.29) is 6.23 Å². The van der Waals surface area contributed by atoms with Crippen LogP contribution in [-0.4, -0.2) is 16.4 Å². The number of hydrogen-bond acceptors (Lipinski definition) is 2. The molecule has 0 saturated carbocycles. The molecule has 1 saturated heterocycles. The Labute approximate surface area is 109 Å². The van der Waals surface area contributed by atoms with Gasteiger partial charge in [-0.05, 0) is 43.9 Å². The average molecular weight is 295 g/mol. The number of rotatable bonds is 1. The van der Waals surface area contributed by atoms with Crippen molar-refractivity contribution in [3.05, 3.63) is 28.4 Å². The van der Waals surface area contributed by atoms with Crippen LogP contribution in [0.25, 0.3) is 10.9 Å². The van der Waals surface area contributed by atoms with Gasteiger partial charge in [0.25, 0.3) is 0 Å². The standard InChI is InChI=1S/C13H15BrN2O/c1-9-10-8-15-16(12(10)6-5-11(9)14)13-4-2-3-7-17-13/h5-6,8,13H,2-4,7H2,1H3/t13-/m0/s1. The molecule has 17 heavy (non-hydrogen) atoms. The van der Waals surface area contributed by atoms with E-state index in [0.29, 0.717) is 0 Å². The average Bonchev–Trinajstić information content (AvgIpc) is 2.79. The van der Waals surface area contributed by atoms with Crippen molar-refractivity contribution >= 4 is 26.8 Å². The zero-order chi connectivity index (χ0) is 11.8. The van der Waals surface area contributed by atoms with Crippen molar-refractivity contribution in [3.63, 3.8) is 0 Å². The summed E-state index contributed by atoms with van der Waals surface area (Å²) in [5.41, 5.74) is 2.40. The molecule has 1 atom stereocenters. The molecule has 1 aromatic heterocycles. The first-order valence-electron chi connectivity index (χ1n) is 6.01. The highest BCUT2D eigenvalue weighted by atomic mass is 79.9. The van der Waals surface area contributed by atoms with Crippen LogP contribution in [0, 0.1) is 6.92 Å². The number of fused-ring (bicyclic) bond motifs is 1. The molecular weight excluding hydrogens is 280 g/mol. The smallest absolute Gasteiger partial charge is 0.150 e. The molecule has 0 aliphatic carbocycles. The lowest BCUT2D eigenvalue weighted by molar-refractivity contribution is -0.0366. The molecule has 1 aromatic carbocycles. The maximum absolute atomic E-state index is 5.79. The van der Waals surface area contributed by atoms with Crippen molar-refractivity contribution in [2.45, 2.75) is 32.4 Å². The summed E-state index contributed by atoms with van der Waals surface area (Å²) < 4.78 is 8.94. The molecule has 3 nitrogen and oxygen atoms in total. The van der Waals surface area contributed by atoms with Gasteiger partial charge in [0.15, 0.2) is 6.23 Å². The largest absolute Gasteiger partial charge is 0.356 e. The van der Waals surface area contributed by atoms with Crippen LogP contribution in [0.5, 0.6) is 0 Å². The van der Waals surface area contributed by atoms with Gasteiger partial charge < -0.3 is 4.74 Å². The van der Waals surface area contributed by atoms with Crippen molar-refractivity contribution < 1.29 is 4.74 Å². The van der Waals surface area contributed by atoms with E-state index in [1.165, 1.54) is 23.8 Å². The van der Waals surface area contributed by atoms with Crippen LogP contribution in [0.4, 0.5) is 0 Å². The first kappa shape index (κ1) is 11.2. The Morgan fingerprint density at radius 3 is 3.06 bits per heavy atom. The van der Waals surface area contributed by atoms with E-state index in [9.17, 15) is 0 Å². The van der Waals surface area contributed by atoms with Crippen LogP contribution in [-0.2, 0) is 4.74 Å². The molecule has 0 unspecified atom stereocenters. The van der Waals surface area contributed by atoms with Crippen LogP contribution < -0.4 is 0 Å². The predicted molar refractivity (Wildman–Crippen MR) is 71.0 cm³/mol. The molecule has 0 spiro atoms. The van der Waals surface area contributed by atoms with Gasteiger partial charge >= 0.3 is 0 Å². The highest BCUT2D eigenvalue weighted by Gasteiger charge is 2.19. The molecule has 3 rings (SSSR count). The molecule has 1 fully saturated rings. The van der Waals surface area contributed by atoms with Gasteiger partial charge in [-0.2, -0.15) is 5.10 Å². The summed E-state index contributed by atoms with van der Waals surface area (Å²) in [7, 11) is 0. The van der Waals surface area contributed by atoms with Gasteiger partial charge in [-0.15, -0.1) is 0 Å². The van der Waals surface area contributed by atoms with Gasteiger partial charge in [0.05, 0.1) is 11.7 Å². The molecular formula is C13H15BrN2O. The fourth-order valence-corrected chi connectivity index (χ4v) is 2.72. The van der Waals surface area contributed by atoms with Gasteiger partial charge in [0, 0.05) is 16.5 Å². The summed E-state index contributed by atoms with van der Waals surface area (Å²) in [4.78, 5) is 0. The number of ether oxygens (including phenoxy) is 1. The van der Waals surface area contributed by atoms with Gasteiger partial charge in [-0.3, -0.25) is 0 Å². The lowest BCUT2D eigenvalue weighted by Crippen LogP contribution is -2.18. The highest BCUT2D eigenvalue weighted by molar-refractivity contribution is 9.10. The Morgan fingerprint density at radius 1 is 1.41 bits per heavy atom. The van der Waals surface area contributed by atoms with Crippen molar-refractivity contribution in [1.29, 1.82) is 0 Å². The van der Waals surface area contributed by atoms with Crippen LogP contribution in [0.2, 0.25) is 0 Å². The lowest BCUT2D eigenvalue weighted by Gasteiger charge is -2.23. The number of halogens is 1. The van der Waals surface area contributed by atoms with E-state index >= 15 is 0 Å². The first-order chi connectivity index (χ1) is 8.27. The lowest BCUT2D eigenvalue weighted by atomic mass is 10.1. The van der Waals surface area contributed by atoms with Gasteiger partial charge in [0.1, 0.15) is 0 Å². The number of aromatic nitrogens is 2.